The van der Waals surface area contributed by atoms with Gasteiger partial charge in [0.05, 0.1) is 11.2 Å². The molecule has 2 aromatic rings. The predicted molar refractivity (Wildman–Crippen MR) is 138 cm³/mol. The number of ether oxygens (including phenoxy) is 1. The number of hydrogen-bond donors (Lipinski definition) is 3. The summed E-state index contributed by atoms with van der Waals surface area (Å²) in [6.45, 7) is 8.01. The fourth-order valence-electron chi connectivity index (χ4n) is 8.65. The molecule has 0 unspecified atom stereocenters. The number of anilines is 2. The molecule has 0 radical (unpaired) electrons. The van der Waals surface area contributed by atoms with Gasteiger partial charge in [-0.25, -0.2) is 0 Å². The maximum Gasteiger partial charge on any atom is 0.201 e. The third-order valence-corrected chi connectivity index (χ3v) is 9.99. The largest absolute Gasteiger partial charge is 0.377 e. The molecule has 5 atom stereocenters. The minimum Gasteiger partial charge on any atom is -0.377 e. The van der Waals surface area contributed by atoms with Crippen LogP contribution in [0.1, 0.15) is 87.9 Å². The first-order chi connectivity index (χ1) is 17.1. The zero-order valence-corrected chi connectivity index (χ0v) is 21.5. The molecule has 2 aliphatic carbocycles. The van der Waals surface area contributed by atoms with Crippen LogP contribution in [-0.4, -0.2) is 39.1 Å². The summed E-state index contributed by atoms with van der Waals surface area (Å²) >= 11 is 0. The molecule has 3 heterocycles. The van der Waals surface area contributed by atoms with Gasteiger partial charge in [-0.1, -0.05) is 18.6 Å². The fraction of sp³-hybridized carbons (Fsp3) is 0.533. The highest BCUT2D eigenvalue weighted by molar-refractivity contribution is 6.13. The van der Waals surface area contributed by atoms with Crippen molar-refractivity contribution in [2.45, 2.75) is 95.1 Å². The van der Waals surface area contributed by atoms with Crippen LogP contribution >= 0.6 is 0 Å². The summed E-state index contributed by atoms with van der Waals surface area (Å²) in [6, 6.07) is 7.98. The average molecular weight is 487 g/mol. The van der Waals surface area contributed by atoms with Crippen molar-refractivity contribution < 1.29 is 19.4 Å². The van der Waals surface area contributed by atoms with Crippen molar-refractivity contribution in [1.29, 1.82) is 0 Å². The number of Topliss-reactive ketones (excluding diaryl/α,β-unsaturated/α-hetero) is 2. The van der Waals surface area contributed by atoms with E-state index in [-0.39, 0.29) is 17.5 Å². The van der Waals surface area contributed by atoms with E-state index < -0.39 is 22.5 Å². The molecule has 5 aliphatic rings. The number of ketones is 2. The molecule has 36 heavy (non-hydrogen) atoms. The Kier molecular flexibility index (Phi) is 4.24. The molecular weight excluding hydrogens is 452 g/mol. The van der Waals surface area contributed by atoms with Gasteiger partial charge in [-0.05, 0) is 101 Å². The SMILES string of the molecule is Cc1cc(C)c2c(c1)C(=O)[C@]1(O)CCC[C@@H]3[C@]45CCCC[C@@]4(O[C@]31N2)C(=O)c1cc(C)cc(C)c1N5. The molecule has 6 heteroatoms. The van der Waals surface area contributed by atoms with Gasteiger partial charge in [-0.2, -0.15) is 0 Å². The Hall–Kier alpha value is -2.70. The lowest BCUT2D eigenvalue weighted by Gasteiger charge is -2.56. The van der Waals surface area contributed by atoms with Gasteiger partial charge in [-0.3, -0.25) is 9.59 Å². The molecule has 6 nitrogen and oxygen atoms in total. The van der Waals surface area contributed by atoms with Crippen LogP contribution < -0.4 is 10.6 Å². The highest BCUT2D eigenvalue weighted by Crippen LogP contribution is 2.67. The van der Waals surface area contributed by atoms with Gasteiger partial charge in [0.1, 0.15) is 0 Å². The molecule has 1 saturated heterocycles. The van der Waals surface area contributed by atoms with Gasteiger partial charge in [0.25, 0.3) is 0 Å². The van der Waals surface area contributed by atoms with Crippen LogP contribution in [-0.2, 0) is 4.74 Å². The second-order valence-corrected chi connectivity index (χ2v) is 12.1. The quantitative estimate of drug-likeness (QED) is 0.478. The van der Waals surface area contributed by atoms with Crippen molar-refractivity contribution >= 4 is 22.9 Å². The zero-order valence-electron chi connectivity index (χ0n) is 21.5. The smallest absolute Gasteiger partial charge is 0.201 e. The molecule has 2 aromatic carbocycles. The van der Waals surface area contributed by atoms with Crippen LogP contribution in [0.25, 0.3) is 0 Å². The predicted octanol–water partition coefficient (Wildman–Crippen LogP) is 5.15. The van der Waals surface area contributed by atoms with Crippen LogP contribution in [0.15, 0.2) is 24.3 Å². The van der Waals surface area contributed by atoms with Gasteiger partial charge in [0.15, 0.2) is 22.7 Å². The summed E-state index contributed by atoms with van der Waals surface area (Å²) in [7, 11) is 0. The summed E-state index contributed by atoms with van der Waals surface area (Å²) in [5.41, 5.74) is 1.87. The topological polar surface area (TPSA) is 87.7 Å². The van der Waals surface area contributed by atoms with Crippen molar-refractivity contribution in [2.24, 2.45) is 5.92 Å². The monoisotopic (exact) mass is 486 g/mol. The maximum absolute atomic E-state index is 14.6. The van der Waals surface area contributed by atoms with Gasteiger partial charge >= 0.3 is 0 Å². The van der Waals surface area contributed by atoms with Crippen LogP contribution in [0.2, 0.25) is 0 Å². The van der Waals surface area contributed by atoms with Crippen LogP contribution in [0.3, 0.4) is 0 Å². The summed E-state index contributed by atoms with van der Waals surface area (Å²) in [5, 5.41) is 19.9. The van der Waals surface area contributed by atoms with Crippen molar-refractivity contribution in [2.75, 3.05) is 10.6 Å². The maximum atomic E-state index is 14.6. The highest BCUT2D eigenvalue weighted by atomic mass is 16.6. The number of carbonyl (C=O) groups is 2. The normalized spacial score (nSPS) is 38.0. The summed E-state index contributed by atoms with van der Waals surface area (Å²) in [4.78, 5) is 28.7. The minimum atomic E-state index is -1.75. The lowest BCUT2D eigenvalue weighted by molar-refractivity contribution is -0.187. The number of fused-ring (bicyclic) bond motifs is 2. The van der Waals surface area contributed by atoms with E-state index >= 15 is 0 Å². The Morgan fingerprint density at radius 2 is 1.42 bits per heavy atom. The summed E-state index contributed by atoms with van der Waals surface area (Å²) < 4.78 is 7.11. The molecular formula is C30H34N2O4. The lowest BCUT2D eigenvalue weighted by Crippen LogP contribution is -2.72. The van der Waals surface area contributed by atoms with E-state index in [0.29, 0.717) is 30.4 Å². The number of aliphatic hydroxyl groups is 1. The third-order valence-electron chi connectivity index (χ3n) is 9.99. The van der Waals surface area contributed by atoms with E-state index in [2.05, 4.69) is 22.8 Å². The molecule has 2 saturated carbocycles. The zero-order chi connectivity index (χ0) is 25.3. The van der Waals surface area contributed by atoms with Crippen LogP contribution in [0.4, 0.5) is 11.4 Å². The highest BCUT2D eigenvalue weighted by Gasteiger charge is 2.82. The molecule has 3 N–H and O–H groups in total. The van der Waals surface area contributed by atoms with E-state index in [1.165, 1.54) is 0 Å². The summed E-state index contributed by atoms with van der Waals surface area (Å²) in [6.07, 6.45) is 4.98. The van der Waals surface area contributed by atoms with Crippen molar-refractivity contribution in [1.82, 2.24) is 0 Å². The van der Waals surface area contributed by atoms with Gasteiger partial charge in [0, 0.05) is 22.7 Å². The van der Waals surface area contributed by atoms with Gasteiger partial charge < -0.3 is 20.5 Å². The Balaban J connectivity index is 1.50. The number of hydrogen-bond acceptors (Lipinski definition) is 6. The van der Waals surface area contributed by atoms with E-state index in [1.807, 2.05) is 39.8 Å². The second-order valence-electron chi connectivity index (χ2n) is 12.1. The van der Waals surface area contributed by atoms with E-state index in [0.717, 1.165) is 59.3 Å². The van der Waals surface area contributed by atoms with Gasteiger partial charge in [0.2, 0.25) is 5.78 Å². The molecule has 3 fully saturated rings. The minimum absolute atomic E-state index is 0.00505. The first-order valence-corrected chi connectivity index (χ1v) is 13.4. The third kappa shape index (κ3) is 2.32. The standard InChI is InChI=1S/C30H34N2O4/c1-16-13-19(4)24-20(14-16)25(33)28(35)10-7-8-22-27-9-5-6-11-29(27,36-30(22,28)32-24)26(34)21-15-17(2)12-18(3)23(21)31-27/h12-15,22,31-32,35H,5-11H2,1-4H3/t22-,27-,28-,29-,30-/m1/s1. The number of rotatable bonds is 0. The Bertz CT molecular complexity index is 1380. The van der Waals surface area contributed by atoms with Crippen molar-refractivity contribution in [3.8, 4) is 0 Å². The second kappa shape index (κ2) is 6.78. The Morgan fingerprint density at radius 1 is 0.806 bits per heavy atom. The first-order valence-electron chi connectivity index (χ1n) is 13.4. The summed E-state index contributed by atoms with van der Waals surface area (Å²) in [5.74, 6) is -0.540. The number of carbonyl (C=O) groups excluding carboxylic acids is 2. The molecule has 0 amide bonds. The number of nitrogens with one attached hydrogen (secondary N) is 2. The van der Waals surface area contributed by atoms with E-state index in [1.54, 1.807) is 0 Å². The fourth-order valence-corrected chi connectivity index (χ4v) is 8.65. The van der Waals surface area contributed by atoms with Crippen molar-refractivity contribution in [3.05, 3.63) is 57.6 Å². The molecule has 0 aromatic heterocycles. The number of aryl methyl sites for hydroxylation is 4. The van der Waals surface area contributed by atoms with Crippen molar-refractivity contribution in [3.63, 3.8) is 0 Å². The number of benzene rings is 2. The molecule has 0 bridgehead atoms. The Labute approximate surface area is 211 Å². The van der Waals surface area contributed by atoms with E-state index in [9.17, 15) is 14.7 Å². The lowest BCUT2D eigenvalue weighted by atomic mass is 9.54. The van der Waals surface area contributed by atoms with E-state index in [4.69, 9.17) is 4.74 Å². The van der Waals surface area contributed by atoms with Crippen LogP contribution in [0.5, 0.6) is 0 Å². The van der Waals surface area contributed by atoms with Crippen LogP contribution in [0, 0.1) is 33.6 Å². The average Bonchev–Trinajstić information content (AvgIpc) is 3.10. The Morgan fingerprint density at radius 3 is 2.11 bits per heavy atom. The van der Waals surface area contributed by atoms with Gasteiger partial charge in [-0.15, -0.1) is 0 Å². The molecule has 7 rings (SSSR count). The molecule has 3 aliphatic heterocycles. The molecule has 188 valence electrons. The first kappa shape index (κ1) is 22.5. The molecule has 1 spiro atoms.